The van der Waals surface area contributed by atoms with Gasteiger partial charge < -0.3 is 10.6 Å². The molecule has 1 amide bonds. The molecule has 0 atom stereocenters. The van der Waals surface area contributed by atoms with Crippen LogP contribution < -0.4 is 10.6 Å². The third-order valence-corrected chi connectivity index (χ3v) is 2.91. The maximum atomic E-state index is 11.7. The highest BCUT2D eigenvalue weighted by atomic mass is 16.1. The van der Waals surface area contributed by atoms with Gasteiger partial charge in [0.1, 0.15) is 0 Å². The fraction of sp³-hybridized carbons (Fsp3) is 0.562. The van der Waals surface area contributed by atoms with E-state index in [0.29, 0.717) is 12.5 Å². The Hall–Kier alpha value is -1.35. The van der Waals surface area contributed by atoms with Gasteiger partial charge in [0.05, 0.1) is 0 Å². The molecule has 0 saturated carbocycles. The number of aryl methyl sites for hydroxylation is 1. The summed E-state index contributed by atoms with van der Waals surface area (Å²) < 4.78 is 0. The van der Waals surface area contributed by atoms with Crippen LogP contribution in [0.2, 0.25) is 0 Å². The van der Waals surface area contributed by atoms with Crippen LogP contribution in [0.3, 0.4) is 0 Å². The van der Waals surface area contributed by atoms with Gasteiger partial charge in [-0.15, -0.1) is 0 Å². The van der Waals surface area contributed by atoms with Gasteiger partial charge in [-0.25, -0.2) is 0 Å². The van der Waals surface area contributed by atoms with E-state index in [1.165, 1.54) is 5.56 Å². The Morgan fingerprint density at radius 1 is 1.21 bits per heavy atom. The van der Waals surface area contributed by atoms with Crippen LogP contribution >= 0.6 is 0 Å². The van der Waals surface area contributed by atoms with Crippen LogP contribution in [0.15, 0.2) is 24.3 Å². The second kappa shape index (κ2) is 8.70. The van der Waals surface area contributed by atoms with Crippen LogP contribution in [-0.2, 0) is 11.2 Å². The average molecular weight is 262 g/mol. The first-order valence-electron chi connectivity index (χ1n) is 7.24. The Bertz CT molecular complexity index is 371. The zero-order valence-corrected chi connectivity index (χ0v) is 12.3. The highest BCUT2D eigenvalue weighted by Crippen LogP contribution is 2.11. The van der Waals surface area contributed by atoms with Gasteiger partial charge in [0, 0.05) is 18.2 Å². The maximum absolute atomic E-state index is 11.7. The van der Waals surface area contributed by atoms with E-state index in [1.807, 2.05) is 12.1 Å². The summed E-state index contributed by atoms with van der Waals surface area (Å²) in [7, 11) is 0. The minimum atomic E-state index is 0.0915. The molecule has 3 heteroatoms. The first-order valence-corrected chi connectivity index (χ1v) is 7.24. The monoisotopic (exact) mass is 262 g/mol. The molecule has 106 valence electrons. The number of hydrogen-bond acceptors (Lipinski definition) is 2. The smallest absolute Gasteiger partial charge is 0.224 e. The molecule has 1 aromatic carbocycles. The molecule has 0 aliphatic rings. The quantitative estimate of drug-likeness (QED) is 0.705. The van der Waals surface area contributed by atoms with Gasteiger partial charge in [-0.3, -0.25) is 4.79 Å². The topological polar surface area (TPSA) is 41.1 Å². The Balaban J connectivity index is 2.27. The highest BCUT2D eigenvalue weighted by Gasteiger charge is 2.02. The van der Waals surface area contributed by atoms with E-state index in [-0.39, 0.29) is 5.91 Å². The SMILES string of the molecule is CCCc1ccc(NC(=O)CCCNC(C)C)cc1. The third kappa shape index (κ3) is 6.97. The van der Waals surface area contributed by atoms with E-state index in [2.05, 4.69) is 43.5 Å². The first kappa shape index (κ1) is 15.7. The number of benzene rings is 1. The molecule has 1 aromatic rings. The number of carbonyl (C=O) groups excluding carboxylic acids is 1. The summed E-state index contributed by atoms with van der Waals surface area (Å²) in [6.45, 7) is 7.28. The average Bonchev–Trinajstić information content (AvgIpc) is 2.37. The molecule has 0 fully saturated rings. The van der Waals surface area contributed by atoms with Gasteiger partial charge in [-0.2, -0.15) is 0 Å². The van der Waals surface area contributed by atoms with Gasteiger partial charge in [0.15, 0.2) is 0 Å². The summed E-state index contributed by atoms with van der Waals surface area (Å²) in [5, 5.41) is 6.24. The van der Waals surface area contributed by atoms with Crippen LogP contribution in [0.1, 0.15) is 45.6 Å². The fourth-order valence-corrected chi connectivity index (χ4v) is 1.91. The van der Waals surface area contributed by atoms with Crippen molar-refractivity contribution in [1.82, 2.24) is 5.32 Å². The van der Waals surface area contributed by atoms with Gasteiger partial charge in [-0.1, -0.05) is 39.3 Å². The van der Waals surface area contributed by atoms with E-state index in [9.17, 15) is 4.79 Å². The fourth-order valence-electron chi connectivity index (χ4n) is 1.91. The number of hydrogen-bond donors (Lipinski definition) is 2. The third-order valence-electron chi connectivity index (χ3n) is 2.91. The lowest BCUT2D eigenvalue weighted by Crippen LogP contribution is -2.24. The lowest BCUT2D eigenvalue weighted by molar-refractivity contribution is -0.116. The summed E-state index contributed by atoms with van der Waals surface area (Å²) in [5.41, 5.74) is 2.21. The van der Waals surface area contributed by atoms with Gasteiger partial charge in [-0.05, 0) is 37.1 Å². The number of nitrogens with one attached hydrogen (secondary N) is 2. The second-order valence-electron chi connectivity index (χ2n) is 5.21. The largest absolute Gasteiger partial charge is 0.326 e. The van der Waals surface area contributed by atoms with Crippen molar-refractivity contribution in [2.75, 3.05) is 11.9 Å². The van der Waals surface area contributed by atoms with E-state index < -0.39 is 0 Å². The number of amides is 1. The summed E-state index contributed by atoms with van der Waals surface area (Å²) in [6, 6.07) is 8.61. The van der Waals surface area contributed by atoms with Crippen LogP contribution in [0.4, 0.5) is 5.69 Å². The van der Waals surface area contributed by atoms with Crippen LogP contribution in [-0.4, -0.2) is 18.5 Å². The summed E-state index contributed by atoms with van der Waals surface area (Å²) in [6.07, 6.45) is 3.68. The second-order valence-corrected chi connectivity index (χ2v) is 5.21. The minimum absolute atomic E-state index is 0.0915. The minimum Gasteiger partial charge on any atom is -0.326 e. The molecular formula is C16H26N2O. The van der Waals surface area contributed by atoms with Gasteiger partial charge in [0.2, 0.25) is 5.91 Å². The van der Waals surface area contributed by atoms with Crippen LogP contribution in [0, 0.1) is 0 Å². The van der Waals surface area contributed by atoms with Crippen molar-refractivity contribution < 1.29 is 4.79 Å². The molecule has 1 rings (SSSR count). The lowest BCUT2D eigenvalue weighted by atomic mass is 10.1. The summed E-state index contributed by atoms with van der Waals surface area (Å²) in [4.78, 5) is 11.7. The van der Waals surface area contributed by atoms with Crippen molar-refractivity contribution >= 4 is 11.6 Å². The molecule has 0 aliphatic heterocycles. The van der Waals surface area contributed by atoms with Crippen molar-refractivity contribution in [2.24, 2.45) is 0 Å². The molecule has 19 heavy (non-hydrogen) atoms. The van der Waals surface area contributed by atoms with Crippen molar-refractivity contribution in [3.63, 3.8) is 0 Å². The van der Waals surface area contributed by atoms with Crippen molar-refractivity contribution in [1.29, 1.82) is 0 Å². The van der Waals surface area contributed by atoms with Gasteiger partial charge >= 0.3 is 0 Å². The zero-order chi connectivity index (χ0) is 14.1. The molecule has 0 saturated heterocycles. The molecule has 3 nitrogen and oxygen atoms in total. The molecule has 0 radical (unpaired) electrons. The Kier molecular flexibility index (Phi) is 7.19. The highest BCUT2D eigenvalue weighted by molar-refractivity contribution is 5.90. The lowest BCUT2D eigenvalue weighted by Gasteiger charge is -2.08. The molecule has 0 aliphatic carbocycles. The Labute approximate surface area is 116 Å². The molecule has 0 aromatic heterocycles. The number of carbonyl (C=O) groups is 1. The molecular weight excluding hydrogens is 236 g/mol. The van der Waals surface area contributed by atoms with E-state index in [0.717, 1.165) is 31.5 Å². The molecule has 0 heterocycles. The maximum Gasteiger partial charge on any atom is 0.224 e. The standard InChI is InChI=1S/C16H26N2O/c1-4-6-14-8-10-15(11-9-14)18-16(19)7-5-12-17-13(2)3/h8-11,13,17H,4-7,12H2,1-3H3,(H,18,19). The van der Waals surface area contributed by atoms with Crippen LogP contribution in [0.5, 0.6) is 0 Å². The Morgan fingerprint density at radius 2 is 1.89 bits per heavy atom. The molecule has 0 spiro atoms. The number of rotatable bonds is 8. The zero-order valence-electron chi connectivity index (χ0n) is 12.3. The first-order chi connectivity index (χ1) is 9.11. The van der Waals surface area contributed by atoms with Crippen molar-refractivity contribution in [3.8, 4) is 0 Å². The van der Waals surface area contributed by atoms with Crippen molar-refractivity contribution in [3.05, 3.63) is 29.8 Å². The van der Waals surface area contributed by atoms with E-state index in [4.69, 9.17) is 0 Å². The summed E-state index contributed by atoms with van der Waals surface area (Å²) in [5.74, 6) is 0.0915. The summed E-state index contributed by atoms with van der Waals surface area (Å²) >= 11 is 0. The molecule has 0 unspecified atom stereocenters. The molecule has 2 N–H and O–H groups in total. The van der Waals surface area contributed by atoms with E-state index in [1.54, 1.807) is 0 Å². The molecule has 0 bridgehead atoms. The van der Waals surface area contributed by atoms with Crippen LogP contribution in [0.25, 0.3) is 0 Å². The van der Waals surface area contributed by atoms with E-state index >= 15 is 0 Å². The normalized spacial score (nSPS) is 10.7. The van der Waals surface area contributed by atoms with Gasteiger partial charge in [0.25, 0.3) is 0 Å². The predicted octanol–water partition coefficient (Wildman–Crippen LogP) is 3.36. The Morgan fingerprint density at radius 3 is 2.47 bits per heavy atom. The predicted molar refractivity (Wildman–Crippen MR) is 81.4 cm³/mol. The number of anilines is 1. The van der Waals surface area contributed by atoms with Crippen molar-refractivity contribution in [2.45, 2.75) is 52.5 Å².